The molecule has 0 N–H and O–H groups in total. The summed E-state index contributed by atoms with van der Waals surface area (Å²) in [6.07, 6.45) is 1.18. The Morgan fingerprint density at radius 2 is 1.85 bits per heavy atom. The van der Waals surface area contributed by atoms with Crippen molar-refractivity contribution in [3.05, 3.63) is 60.2 Å². The van der Waals surface area contributed by atoms with Crippen LogP contribution in [-0.2, 0) is 26.2 Å². The number of rotatable bonds is 5. The number of benzene rings is 2. The van der Waals surface area contributed by atoms with Crippen molar-refractivity contribution in [1.29, 1.82) is 0 Å². The summed E-state index contributed by atoms with van der Waals surface area (Å²) in [6.45, 7) is 2.38. The molecule has 142 valence electrons. The number of hydrogen-bond acceptors (Lipinski definition) is 5. The van der Waals surface area contributed by atoms with Crippen LogP contribution in [0.3, 0.4) is 0 Å². The first-order chi connectivity index (χ1) is 12.9. The molecule has 0 radical (unpaired) electrons. The number of piperidine rings is 1. The fourth-order valence-electron chi connectivity index (χ4n) is 3.57. The van der Waals surface area contributed by atoms with Gasteiger partial charge >= 0.3 is 5.97 Å². The zero-order valence-electron chi connectivity index (χ0n) is 15.0. The van der Waals surface area contributed by atoms with Crippen molar-refractivity contribution in [1.82, 2.24) is 4.31 Å². The second kappa shape index (κ2) is 6.65. The third-order valence-corrected chi connectivity index (χ3v) is 6.95. The van der Waals surface area contributed by atoms with Crippen molar-refractivity contribution in [2.45, 2.75) is 42.9 Å². The Morgan fingerprint density at radius 1 is 1.15 bits per heavy atom. The van der Waals surface area contributed by atoms with Gasteiger partial charge in [0.25, 0.3) is 0 Å². The average Bonchev–Trinajstić information content (AvgIpc) is 2.67. The van der Waals surface area contributed by atoms with Gasteiger partial charge in [0.15, 0.2) is 0 Å². The van der Waals surface area contributed by atoms with Crippen molar-refractivity contribution in [3.8, 4) is 5.75 Å². The first-order valence-electron chi connectivity index (χ1n) is 8.89. The van der Waals surface area contributed by atoms with E-state index in [-0.39, 0.29) is 11.4 Å². The van der Waals surface area contributed by atoms with Gasteiger partial charge in [-0.25, -0.2) is 8.42 Å². The highest BCUT2D eigenvalue weighted by molar-refractivity contribution is 7.89. The summed E-state index contributed by atoms with van der Waals surface area (Å²) < 4.78 is 38.4. The lowest BCUT2D eigenvalue weighted by Gasteiger charge is -2.48. The van der Waals surface area contributed by atoms with Crippen LogP contribution in [0.2, 0.25) is 0 Å². The van der Waals surface area contributed by atoms with Crippen LogP contribution in [0.15, 0.2) is 59.5 Å². The molecule has 2 unspecified atom stereocenters. The molecule has 6 nitrogen and oxygen atoms in total. The maximum absolute atomic E-state index is 13.0. The second-order valence-corrected chi connectivity index (χ2v) is 9.11. The molecule has 3 aliphatic heterocycles. The molecule has 2 atom stereocenters. The van der Waals surface area contributed by atoms with Crippen LogP contribution in [-0.4, -0.2) is 36.9 Å². The number of carbonyl (C=O) groups is 1. The van der Waals surface area contributed by atoms with Crippen LogP contribution in [0.25, 0.3) is 0 Å². The highest BCUT2D eigenvalue weighted by Crippen LogP contribution is 2.38. The number of morpholine rings is 1. The molecule has 3 aliphatic rings. The molecule has 3 heterocycles. The molecule has 27 heavy (non-hydrogen) atoms. The van der Waals surface area contributed by atoms with Gasteiger partial charge in [0.05, 0.1) is 11.4 Å². The maximum Gasteiger partial charge on any atom is 0.325 e. The Morgan fingerprint density at radius 3 is 2.48 bits per heavy atom. The highest BCUT2D eigenvalue weighted by atomic mass is 32.2. The normalized spacial score (nSPS) is 25.2. The first-order valence-corrected chi connectivity index (χ1v) is 10.3. The largest absolute Gasteiger partial charge is 0.489 e. The standard InChI is InChI=1S/C20H21NO5S/c1-20-12-11-18(19(22)26-20)21(14-20)27(23,24)17-9-7-16(8-10-17)25-13-15-5-3-2-4-6-15/h2-10,18H,11-14H2,1H3. The first kappa shape index (κ1) is 18.0. The molecule has 2 aromatic rings. The van der Waals surface area contributed by atoms with Crippen molar-refractivity contribution in [2.75, 3.05) is 6.54 Å². The summed E-state index contributed by atoms with van der Waals surface area (Å²) in [4.78, 5) is 12.2. The zero-order chi connectivity index (χ0) is 19.1. The molecule has 2 bridgehead atoms. The molecular formula is C20H21NO5S. The van der Waals surface area contributed by atoms with Crippen LogP contribution < -0.4 is 4.74 Å². The van der Waals surface area contributed by atoms with Gasteiger partial charge in [-0.3, -0.25) is 4.79 Å². The van der Waals surface area contributed by atoms with Crippen molar-refractivity contribution >= 4 is 16.0 Å². The van der Waals surface area contributed by atoms with E-state index in [1.807, 2.05) is 30.3 Å². The van der Waals surface area contributed by atoms with Gasteiger partial charge in [0, 0.05) is 0 Å². The topological polar surface area (TPSA) is 72.9 Å². The smallest absolute Gasteiger partial charge is 0.325 e. The Hall–Kier alpha value is -2.38. The van der Waals surface area contributed by atoms with Gasteiger partial charge < -0.3 is 9.47 Å². The lowest BCUT2D eigenvalue weighted by atomic mass is 9.88. The minimum absolute atomic E-state index is 0.151. The Bertz CT molecular complexity index is 942. The summed E-state index contributed by atoms with van der Waals surface area (Å²) >= 11 is 0. The van der Waals surface area contributed by atoms with Gasteiger partial charge in [-0.1, -0.05) is 30.3 Å². The zero-order valence-corrected chi connectivity index (χ0v) is 15.8. The summed E-state index contributed by atoms with van der Waals surface area (Å²) in [5, 5.41) is 0. The van der Waals surface area contributed by atoms with Crippen LogP contribution >= 0.6 is 0 Å². The second-order valence-electron chi connectivity index (χ2n) is 7.22. The molecular weight excluding hydrogens is 366 g/mol. The van der Waals surface area contributed by atoms with Crippen LogP contribution in [0.1, 0.15) is 25.3 Å². The summed E-state index contributed by atoms with van der Waals surface area (Å²) in [5.74, 6) is 0.130. The Labute approximate surface area is 158 Å². The third kappa shape index (κ3) is 3.44. The summed E-state index contributed by atoms with van der Waals surface area (Å²) in [6, 6.07) is 15.3. The van der Waals surface area contributed by atoms with Crippen molar-refractivity contribution in [2.24, 2.45) is 0 Å². The highest BCUT2D eigenvalue weighted by Gasteiger charge is 2.53. The van der Waals surface area contributed by atoms with Gasteiger partial charge in [-0.2, -0.15) is 4.31 Å². The molecule has 7 heteroatoms. The number of hydrogen-bond donors (Lipinski definition) is 0. The van der Waals surface area contributed by atoms with E-state index in [1.165, 1.54) is 16.4 Å². The van der Waals surface area contributed by atoms with Crippen molar-refractivity contribution < 1.29 is 22.7 Å². The van der Waals surface area contributed by atoms with Crippen LogP contribution in [0, 0.1) is 0 Å². The van der Waals surface area contributed by atoms with E-state index < -0.39 is 27.6 Å². The SMILES string of the molecule is CC12CCC(C(=O)O1)N(S(=O)(=O)c1ccc(OCc3ccccc3)cc1)C2. The van der Waals surface area contributed by atoms with E-state index >= 15 is 0 Å². The Kier molecular flexibility index (Phi) is 4.44. The lowest BCUT2D eigenvalue weighted by Crippen LogP contribution is -2.63. The molecule has 0 aromatic heterocycles. The quantitative estimate of drug-likeness (QED) is 0.738. The van der Waals surface area contributed by atoms with Crippen LogP contribution in [0.4, 0.5) is 0 Å². The van der Waals surface area contributed by atoms with Crippen molar-refractivity contribution in [3.63, 3.8) is 0 Å². The minimum Gasteiger partial charge on any atom is -0.489 e. The number of fused-ring (bicyclic) bond motifs is 3. The van der Waals surface area contributed by atoms with Crippen LogP contribution in [0.5, 0.6) is 5.75 Å². The van der Waals surface area contributed by atoms with Gasteiger partial charge in [0.1, 0.15) is 24.0 Å². The molecule has 3 saturated heterocycles. The van der Waals surface area contributed by atoms with E-state index in [0.29, 0.717) is 25.2 Å². The number of ether oxygens (including phenoxy) is 2. The fourth-order valence-corrected chi connectivity index (χ4v) is 5.29. The van der Waals surface area contributed by atoms with E-state index in [4.69, 9.17) is 9.47 Å². The predicted octanol–water partition coefficient (Wildman–Crippen LogP) is 2.73. The molecule has 3 fully saturated rings. The van der Waals surface area contributed by atoms with E-state index in [1.54, 1.807) is 19.1 Å². The Balaban J connectivity index is 1.50. The van der Waals surface area contributed by atoms with Gasteiger partial charge in [-0.15, -0.1) is 0 Å². The summed E-state index contributed by atoms with van der Waals surface area (Å²) in [5.41, 5.74) is 0.294. The number of esters is 1. The van der Waals surface area contributed by atoms with E-state index in [0.717, 1.165) is 5.56 Å². The number of sulfonamides is 1. The van der Waals surface area contributed by atoms with E-state index in [9.17, 15) is 13.2 Å². The van der Waals surface area contributed by atoms with Gasteiger partial charge in [-0.05, 0) is 49.6 Å². The van der Waals surface area contributed by atoms with E-state index in [2.05, 4.69) is 0 Å². The molecule has 0 saturated carbocycles. The number of nitrogens with zero attached hydrogens (tertiary/aromatic N) is 1. The van der Waals surface area contributed by atoms with Gasteiger partial charge in [0.2, 0.25) is 10.0 Å². The minimum atomic E-state index is -3.77. The molecule has 2 aromatic carbocycles. The molecule has 0 spiro atoms. The molecule has 5 rings (SSSR count). The maximum atomic E-state index is 13.0. The lowest BCUT2D eigenvalue weighted by molar-refractivity contribution is -0.186. The third-order valence-electron chi connectivity index (χ3n) is 5.08. The summed E-state index contributed by atoms with van der Waals surface area (Å²) in [7, 11) is -3.77. The fraction of sp³-hybridized carbons (Fsp3) is 0.350. The monoisotopic (exact) mass is 387 g/mol. The number of carbonyl (C=O) groups excluding carboxylic acids is 1. The molecule has 0 aliphatic carbocycles. The predicted molar refractivity (Wildman–Crippen MR) is 98.6 cm³/mol. The molecule has 0 amide bonds. The average molecular weight is 387 g/mol.